The highest BCUT2D eigenvalue weighted by molar-refractivity contribution is 5.82. The van der Waals surface area contributed by atoms with E-state index in [9.17, 15) is 0 Å². The summed E-state index contributed by atoms with van der Waals surface area (Å²) in [5.41, 5.74) is 3.23. The minimum absolute atomic E-state index is 0.0813. The van der Waals surface area contributed by atoms with Crippen LogP contribution in [0, 0.1) is 0 Å². The topological polar surface area (TPSA) is 34.4 Å². The van der Waals surface area contributed by atoms with Crippen LogP contribution in [0.2, 0.25) is 0 Å². The Balaban J connectivity index is 1.78. The Morgan fingerprint density at radius 1 is 1.10 bits per heavy atom. The number of benzene rings is 2. The first-order valence-electron chi connectivity index (χ1n) is 7.36. The average Bonchev–Trinajstić information content (AvgIpc) is 2.93. The number of hydrogen-bond acceptors (Lipinski definition) is 3. The number of anilines is 1. The summed E-state index contributed by atoms with van der Waals surface area (Å²) in [7, 11) is 0. The van der Waals surface area contributed by atoms with Gasteiger partial charge >= 0.3 is 0 Å². The Morgan fingerprint density at radius 3 is 2.81 bits per heavy atom. The number of furan rings is 1. The molecule has 106 valence electrons. The fourth-order valence-electron chi connectivity index (χ4n) is 3.00. The van der Waals surface area contributed by atoms with Crippen LogP contribution in [0.1, 0.15) is 24.4 Å². The molecule has 3 nitrogen and oxygen atoms in total. The third-order valence-electron chi connectivity index (χ3n) is 4.01. The van der Waals surface area contributed by atoms with Gasteiger partial charge in [0.05, 0.1) is 12.2 Å². The molecule has 1 unspecified atom stereocenters. The first-order valence-corrected chi connectivity index (χ1v) is 7.36. The molecule has 0 spiro atoms. The predicted octanol–water partition coefficient (Wildman–Crippen LogP) is 4.54. The lowest BCUT2D eigenvalue weighted by Gasteiger charge is -2.26. The van der Waals surface area contributed by atoms with Crippen LogP contribution in [-0.4, -0.2) is 6.54 Å². The van der Waals surface area contributed by atoms with E-state index in [4.69, 9.17) is 9.15 Å². The van der Waals surface area contributed by atoms with Crippen molar-refractivity contribution in [3.05, 3.63) is 59.9 Å². The second-order valence-corrected chi connectivity index (χ2v) is 5.28. The van der Waals surface area contributed by atoms with E-state index in [0.29, 0.717) is 0 Å². The van der Waals surface area contributed by atoms with Crippen LogP contribution in [0.4, 0.5) is 5.69 Å². The molecule has 3 aromatic rings. The normalized spacial score (nSPS) is 17.1. The summed E-state index contributed by atoms with van der Waals surface area (Å²) in [6, 6.07) is 16.2. The maximum absolute atomic E-state index is 6.13. The average molecular weight is 279 g/mol. The van der Waals surface area contributed by atoms with E-state index in [0.717, 1.165) is 35.7 Å². The van der Waals surface area contributed by atoms with Crippen molar-refractivity contribution < 1.29 is 9.15 Å². The van der Waals surface area contributed by atoms with Gasteiger partial charge in [0.1, 0.15) is 11.3 Å². The molecule has 0 radical (unpaired) electrons. The van der Waals surface area contributed by atoms with E-state index in [1.807, 2.05) is 36.4 Å². The molecule has 0 saturated heterocycles. The summed E-state index contributed by atoms with van der Waals surface area (Å²) in [5, 5.41) is 4.61. The van der Waals surface area contributed by atoms with Crippen molar-refractivity contribution in [3.63, 3.8) is 0 Å². The third-order valence-corrected chi connectivity index (χ3v) is 4.01. The molecule has 0 amide bonds. The van der Waals surface area contributed by atoms with Crippen molar-refractivity contribution in [1.82, 2.24) is 0 Å². The molecule has 0 aliphatic carbocycles. The molecule has 2 heterocycles. The lowest BCUT2D eigenvalue weighted by Crippen LogP contribution is -2.23. The van der Waals surface area contributed by atoms with Crippen LogP contribution in [0.5, 0.6) is 5.75 Å². The van der Waals surface area contributed by atoms with E-state index in [1.165, 1.54) is 10.9 Å². The summed E-state index contributed by atoms with van der Waals surface area (Å²) in [4.78, 5) is 0. The van der Waals surface area contributed by atoms with Gasteiger partial charge in [-0.3, -0.25) is 0 Å². The molecule has 3 heteroatoms. The quantitative estimate of drug-likeness (QED) is 0.747. The van der Waals surface area contributed by atoms with Crippen molar-refractivity contribution >= 4 is 16.7 Å². The molecule has 0 saturated carbocycles. The summed E-state index contributed by atoms with van der Waals surface area (Å²) >= 11 is 0. The first-order chi connectivity index (χ1) is 10.4. The third kappa shape index (κ3) is 1.97. The van der Waals surface area contributed by atoms with Gasteiger partial charge < -0.3 is 14.5 Å². The molecule has 0 fully saturated rings. The van der Waals surface area contributed by atoms with Crippen molar-refractivity contribution in [2.75, 3.05) is 11.9 Å². The molecule has 1 aliphatic rings. The monoisotopic (exact) mass is 279 g/mol. The van der Waals surface area contributed by atoms with Gasteiger partial charge in [0.15, 0.2) is 11.9 Å². The van der Waals surface area contributed by atoms with Gasteiger partial charge in [0.2, 0.25) is 0 Å². The minimum atomic E-state index is -0.0813. The van der Waals surface area contributed by atoms with Crippen LogP contribution < -0.4 is 10.1 Å². The second-order valence-electron chi connectivity index (χ2n) is 5.28. The fraction of sp³-hybridized carbons (Fsp3) is 0.222. The predicted molar refractivity (Wildman–Crippen MR) is 83.9 cm³/mol. The number of fused-ring (bicyclic) bond motifs is 2. The molecule has 1 aliphatic heterocycles. The molecular formula is C18H17NO2. The zero-order valence-corrected chi connectivity index (χ0v) is 11.9. The van der Waals surface area contributed by atoms with E-state index in [1.54, 1.807) is 0 Å². The fourth-order valence-corrected chi connectivity index (χ4v) is 3.00. The van der Waals surface area contributed by atoms with E-state index in [2.05, 4.69) is 24.4 Å². The number of para-hydroxylation sites is 3. The highest BCUT2D eigenvalue weighted by Gasteiger charge is 2.27. The van der Waals surface area contributed by atoms with Crippen LogP contribution in [0.25, 0.3) is 11.0 Å². The summed E-state index contributed by atoms with van der Waals surface area (Å²) in [6.07, 6.45) is 0.857. The van der Waals surface area contributed by atoms with Gasteiger partial charge in [-0.1, -0.05) is 37.3 Å². The van der Waals surface area contributed by atoms with Crippen molar-refractivity contribution in [2.24, 2.45) is 0 Å². The van der Waals surface area contributed by atoms with E-state index in [-0.39, 0.29) is 6.10 Å². The maximum Gasteiger partial charge on any atom is 0.173 e. The van der Waals surface area contributed by atoms with Gasteiger partial charge in [-0.2, -0.15) is 0 Å². The summed E-state index contributed by atoms with van der Waals surface area (Å²) in [6.45, 7) is 2.88. The smallest absolute Gasteiger partial charge is 0.173 e. The molecule has 1 aromatic heterocycles. The Hall–Kier alpha value is -2.42. The van der Waals surface area contributed by atoms with Gasteiger partial charge in [-0.15, -0.1) is 0 Å². The molecule has 4 rings (SSSR count). The number of nitrogens with one attached hydrogen (secondary N) is 1. The Morgan fingerprint density at radius 2 is 1.90 bits per heavy atom. The number of hydrogen-bond donors (Lipinski definition) is 1. The Bertz CT molecular complexity index is 791. The van der Waals surface area contributed by atoms with Gasteiger partial charge in [-0.25, -0.2) is 0 Å². The maximum atomic E-state index is 6.13. The standard InChI is InChI=1S/C18H17NO2/c1-2-12-13-7-3-5-9-15(13)21-18(12)17-11-19-14-8-4-6-10-16(14)20-17/h3-10,17,19H,2,11H2,1H3. The highest BCUT2D eigenvalue weighted by atomic mass is 16.5. The van der Waals surface area contributed by atoms with E-state index >= 15 is 0 Å². The van der Waals surface area contributed by atoms with E-state index < -0.39 is 0 Å². The molecular weight excluding hydrogens is 262 g/mol. The SMILES string of the molecule is CCc1c(C2CNc3ccccc3O2)oc2ccccc12. The van der Waals surface area contributed by atoms with Crippen LogP contribution in [0.3, 0.4) is 0 Å². The van der Waals surface area contributed by atoms with Crippen molar-refractivity contribution in [2.45, 2.75) is 19.4 Å². The summed E-state index contributed by atoms with van der Waals surface area (Å²) in [5.74, 6) is 1.83. The minimum Gasteiger partial charge on any atom is -0.478 e. The Labute approximate surface area is 123 Å². The lowest BCUT2D eigenvalue weighted by atomic mass is 10.0. The number of rotatable bonds is 2. The molecule has 0 bridgehead atoms. The zero-order valence-electron chi connectivity index (χ0n) is 11.9. The van der Waals surface area contributed by atoms with Crippen molar-refractivity contribution in [1.29, 1.82) is 0 Å². The second kappa shape index (κ2) is 4.85. The highest BCUT2D eigenvalue weighted by Crippen LogP contribution is 2.38. The van der Waals surface area contributed by atoms with Gasteiger partial charge in [0.25, 0.3) is 0 Å². The van der Waals surface area contributed by atoms with Crippen molar-refractivity contribution in [3.8, 4) is 5.75 Å². The molecule has 2 aromatic carbocycles. The summed E-state index contributed by atoms with van der Waals surface area (Å²) < 4.78 is 12.2. The lowest BCUT2D eigenvalue weighted by molar-refractivity contribution is 0.182. The number of ether oxygens (including phenoxy) is 1. The zero-order chi connectivity index (χ0) is 14.2. The Kier molecular flexibility index (Phi) is 2.85. The number of aryl methyl sites for hydroxylation is 1. The molecule has 1 atom stereocenters. The van der Waals surface area contributed by atoms with Crippen LogP contribution in [-0.2, 0) is 6.42 Å². The van der Waals surface area contributed by atoms with Crippen LogP contribution in [0.15, 0.2) is 52.9 Å². The molecule has 21 heavy (non-hydrogen) atoms. The first kappa shape index (κ1) is 12.3. The van der Waals surface area contributed by atoms with Gasteiger partial charge in [0, 0.05) is 10.9 Å². The van der Waals surface area contributed by atoms with Crippen LogP contribution >= 0.6 is 0 Å². The largest absolute Gasteiger partial charge is 0.478 e. The molecule has 1 N–H and O–H groups in total. The van der Waals surface area contributed by atoms with Gasteiger partial charge in [-0.05, 0) is 24.6 Å².